The van der Waals surface area contributed by atoms with Crippen LogP contribution in [-0.2, 0) is 4.79 Å². The van der Waals surface area contributed by atoms with E-state index < -0.39 is 5.92 Å². The molecule has 0 spiro atoms. The Morgan fingerprint density at radius 3 is 2.24 bits per heavy atom. The molecular weight excluding hydrogens is 320 g/mol. The smallest absolute Gasteiger partial charge is 0.231 e. The van der Waals surface area contributed by atoms with E-state index in [1.165, 1.54) is 30.3 Å². The molecule has 0 fully saturated rings. The monoisotopic (exact) mass is 337 g/mol. The molecule has 1 atom stereocenters. The van der Waals surface area contributed by atoms with Crippen LogP contribution in [0.2, 0.25) is 0 Å². The lowest BCUT2D eigenvalue weighted by atomic mass is 9.96. The molecular formula is C21H17F2NO. The normalized spacial score (nSPS) is 11.8. The van der Waals surface area contributed by atoms with Gasteiger partial charge in [-0.15, -0.1) is 0 Å². The van der Waals surface area contributed by atoms with Gasteiger partial charge >= 0.3 is 0 Å². The van der Waals surface area contributed by atoms with Crippen molar-refractivity contribution in [2.24, 2.45) is 0 Å². The molecule has 0 aliphatic rings. The van der Waals surface area contributed by atoms with Gasteiger partial charge in [-0.25, -0.2) is 8.78 Å². The van der Waals surface area contributed by atoms with Crippen molar-refractivity contribution >= 4 is 11.6 Å². The van der Waals surface area contributed by atoms with Gasteiger partial charge in [0.25, 0.3) is 0 Å². The minimum atomic E-state index is -0.538. The molecule has 0 aromatic heterocycles. The number of anilines is 1. The van der Waals surface area contributed by atoms with Crippen LogP contribution in [0.1, 0.15) is 18.4 Å². The van der Waals surface area contributed by atoms with E-state index in [0.717, 1.165) is 5.56 Å². The van der Waals surface area contributed by atoms with Crippen LogP contribution >= 0.6 is 0 Å². The molecule has 1 N–H and O–H groups in total. The number of halogens is 2. The molecule has 0 bridgehead atoms. The summed E-state index contributed by atoms with van der Waals surface area (Å²) in [5.41, 5.74) is 2.36. The summed E-state index contributed by atoms with van der Waals surface area (Å²) in [6, 6.07) is 19.6. The SMILES string of the molecule is C[C@@H](C(=O)Nc1ccc(F)cc1)c1ccc(-c2ccccc2)c(F)c1. The van der Waals surface area contributed by atoms with Gasteiger partial charge < -0.3 is 5.32 Å². The Labute approximate surface area is 145 Å². The summed E-state index contributed by atoms with van der Waals surface area (Å²) in [6.45, 7) is 1.70. The lowest BCUT2D eigenvalue weighted by Gasteiger charge is -2.14. The number of rotatable bonds is 4. The van der Waals surface area contributed by atoms with Crippen LogP contribution < -0.4 is 5.32 Å². The molecule has 1 amide bonds. The van der Waals surface area contributed by atoms with Crippen LogP contribution in [0.25, 0.3) is 11.1 Å². The second kappa shape index (κ2) is 7.26. The van der Waals surface area contributed by atoms with Crippen molar-refractivity contribution in [3.05, 3.63) is 90.0 Å². The zero-order valence-electron chi connectivity index (χ0n) is 13.7. The van der Waals surface area contributed by atoms with E-state index in [-0.39, 0.29) is 17.5 Å². The Balaban J connectivity index is 1.78. The molecule has 25 heavy (non-hydrogen) atoms. The van der Waals surface area contributed by atoms with E-state index in [1.807, 2.05) is 30.3 Å². The molecule has 0 aliphatic carbocycles. The summed E-state index contributed by atoms with van der Waals surface area (Å²) in [7, 11) is 0. The van der Waals surface area contributed by atoms with Gasteiger partial charge in [-0.2, -0.15) is 0 Å². The number of hydrogen-bond acceptors (Lipinski definition) is 1. The highest BCUT2D eigenvalue weighted by atomic mass is 19.1. The Morgan fingerprint density at radius 2 is 1.60 bits per heavy atom. The second-order valence-corrected chi connectivity index (χ2v) is 5.82. The predicted molar refractivity (Wildman–Crippen MR) is 95.3 cm³/mol. The Morgan fingerprint density at radius 1 is 0.920 bits per heavy atom. The zero-order valence-corrected chi connectivity index (χ0v) is 13.7. The van der Waals surface area contributed by atoms with Gasteiger partial charge in [0.2, 0.25) is 5.91 Å². The average Bonchev–Trinajstić information content (AvgIpc) is 2.63. The minimum absolute atomic E-state index is 0.279. The number of hydrogen-bond donors (Lipinski definition) is 1. The van der Waals surface area contributed by atoms with Crippen molar-refractivity contribution in [3.8, 4) is 11.1 Å². The van der Waals surface area contributed by atoms with Crippen LogP contribution in [-0.4, -0.2) is 5.91 Å². The number of carbonyl (C=O) groups is 1. The van der Waals surface area contributed by atoms with Crippen molar-refractivity contribution in [1.29, 1.82) is 0 Å². The third kappa shape index (κ3) is 3.91. The molecule has 0 saturated carbocycles. The third-order valence-electron chi connectivity index (χ3n) is 4.08. The topological polar surface area (TPSA) is 29.1 Å². The van der Waals surface area contributed by atoms with Gasteiger partial charge in [-0.1, -0.05) is 42.5 Å². The summed E-state index contributed by atoms with van der Waals surface area (Å²) >= 11 is 0. The first-order valence-electron chi connectivity index (χ1n) is 7.96. The zero-order chi connectivity index (χ0) is 17.8. The maximum absolute atomic E-state index is 14.5. The number of amides is 1. The van der Waals surface area contributed by atoms with Gasteiger partial charge in [0.05, 0.1) is 5.92 Å². The van der Waals surface area contributed by atoms with E-state index in [9.17, 15) is 13.6 Å². The number of carbonyl (C=O) groups excluding carboxylic acids is 1. The molecule has 0 saturated heterocycles. The van der Waals surface area contributed by atoms with Crippen molar-refractivity contribution in [3.63, 3.8) is 0 Å². The lowest BCUT2D eigenvalue weighted by molar-refractivity contribution is -0.117. The first-order chi connectivity index (χ1) is 12.0. The van der Waals surface area contributed by atoms with E-state index in [2.05, 4.69) is 5.32 Å². The van der Waals surface area contributed by atoms with E-state index in [1.54, 1.807) is 19.1 Å². The van der Waals surface area contributed by atoms with Gasteiger partial charge in [-0.05, 0) is 48.4 Å². The maximum Gasteiger partial charge on any atom is 0.231 e. The maximum atomic E-state index is 14.5. The second-order valence-electron chi connectivity index (χ2n) is 5.82. The van der Waals surface area contributed by atoms with E-state index in [4.69, 9.17) is 0 Å². The van der Waals surface area contributed by atoms with Crippen LogP contribution in [0.4, 0.5) is 14.5 Å². The standard InChI is InChI=1S/C21H17F2NO/c1-14(21(25)24-18-10-8-17(22)9-11-18)16-7-12-19(20(23)13-16)15-5-3-2-4-6-15/h2-14H,1H3,(H,24,25)/t14-/m1/s1. The Bertz CT molecular complexity index is 876. The van der Waals surface area contributed by atoms with E-state index >= 15 is 0 Å². The highest BCUT2D eigenvalue weighted by molar-refractivity contribution is 5.95. The summed E-state index contributed by atoms with van der Waals surface area (Å²) in [4.78, 5) is 12.3. The molecule has 4 heteroatoms. The van der Waals surface area contributed by atoms with Crippen LogP contribution in [0.5, 0.6) is 0 Å². The van der Waals surface area contributed by atoms with Gasteiger partial charge in [0.15, 0.2) is 0 Å². The van der Waals surface area contributed by atoms with Gasteiger partial charge in [0, 0.05) is 11.3 Å². The highest BCUT2D eigenvalue weighted by Crippen LogP contribution is 2.26. The molecule has 0 heterocycles. The fourth-order valence-electron chi connectivity index (χ4n) is 2.59. The first kappa shape index (κ1) is 16.8. The molecule has 0 aliphatic heterocycles. The third-order valence-corrected chi connectivity index (χ3v) is 4.08. The van der Waals surface area contributed by atoms with Crippen LogP contribution in [0.3, 0.4) is 0 Å². The molecule has 3 aromatic rings. The fraction of sp³-hybridized carbons (Fsp3) is 0.0952. The highest BCUT2D eigenvalue weighted by Gasteiger charge is 2.17. The van der Waals surface area contributed by atoms with Crippen LogP contribution in [0.15, 0.2) is 72.8 Å². The quantitative estimate of drug-likeness (QED) is 0.681. The van der Waals surface area contributed by atoms with Gasteiger partial charge in [0.1, 0.15) is 11.6 Å². The fourth-order valence-corrected chi connectivity index (χ4v) is 2.59. The predicted octanol–water partition coefficient (Wildman–Crippen LogP) is 5.37. The van der Waals surface area contributed by atoms with E-state index in [0.29, 0.717) is 16.8 Å². The molecule has 0 unspecified atom stereocenters. The molecule has 3 aromatic carbocycles. The lowest BCUT2D eigenvalue weighted by Crippen LogP contribution is -2.19. The van der Waals surface area contributed by atoms with Crippen molar-refractivity contribution in [1.82, 2.24) is 0 Å². The minimum Gasteiger partial charge on any atom is -0.326 e. The number of benzene rings is 3. The van der Waals surface area contributed by atoms with Crippen LogP contribution in [0, 0.1) is 11.6 Å². The largest absolute Gasteiger partial charge is 0.326 e. The molecule has 2 nitrogen and oxygen atoms in total. The molecule has 0 radical (unpaired) electrons. The average molecular weight is 337 g/mol. The van der Waals surface area contributed by atoms with Gasteiger partial charge in [-0.3, -0.25) is 4.79 Å². The first-order valence-corrected chi connectivity index (χ1v) is 7.96. The van der Waals surface area contributed by atoms with Crippen molar-refractivity contribution in [2.75, 3.05) is 5.32 Å². The molecule has 3 rings (SSSR count). The summed E-state index contributed by atoms with van der Waals surface area (Å²) < 4.78 is 27.4. The number of nitrogens with one attached hydrogen (secondary N) is 1. The Kier molecular flexibility index (Phi) is 4.89. The van der Waals surface area contributed by atoms with Crippen molar-refractivity contribution in [2.45, 2.75) is 12.8 Å². The summed E-state index contributed by atoms with van der Waals surface area (Å²) in [5.74, 6) is -1.56. The van der Waals surface area contributed by atoms with Crippen molar-refractivity contribution < 1.29 is 13.6 Å². The summed E-state index contributed by atoms with van der Waals surface area (Å²) in [5, 5.41) is 2.71. The Hall–Kier alpha value is -3.01. The molecule has 126 valence electrons. The summed E-state index contributed by atoms with van der Waals surface area (Å²) in [6.07, 6.45) is 0.